The Hall–Kier alpha value is -1.35. The van der Waals surface area contributed by atoms with Gasteiger partial charge in [-0.25, -0.2) is 0 Å². The van der Waals surface area contributed by atoms with E-state index in [4.69, 9.17) is 11.6 Å². The molecule has 0 radical (unpaired) electrons. The standard InChI is InChI=1S/C13H14ClNO2/c1-9-5-2-3-6-10(9)13(17)15-8-4-7-11(15)12(14)16/h2-3,5-6,11H,4,7-8H2,1H3. The molecule has 1 heterocycles. The van der Waals surface area contributed by atoms with Crippen LogP contribution in [0.3, 0.4) is 0 Å². The molecule has 1 aromatic carbocycles. The molecule has 90 valence electrons. The van der Waals surface area contributed by atoms with Crippen molar-refractivity contribution in [3.63, 3.8) is 0 Å². The fourth-order valence-corrected chi connectivity index (χ4v) is 2.44. The van der Waals surface area contributed by atoms with Gasteiger partial charge in [0.2, 0.25) is 5.24 Å². The van der Waals surface area contributed by atoms with Crippen LogP contribution in [0.1, 0.15) is 28.8 Å². The van der Waals surface area contributed by atoms with E-state index in [1.54, 1.807) is 11.0 Å². The van der Waals surface area contributed by atoms with E-state index in [9.17, 15) is 9.59 Å². The molecular formula is C13H14ClNO2. The maximum Gasteiger partial charge on any atom is 0.254 e. The van der Waals surface area contributed by atoms with Crippen LogP contribution in [0, 0.1) is 6.92 Å². The first kappa shape index (κ1) is 12.1. The Morgan fingerprint density at radius 2 is 2.06 bits per heavy atom. The minimum atomic E-state index is -0.455. The lowest BCUT2D eigenvalue weighted by atomic mass is 10.1. The van der Waals surface area contributed by atoms with Gasteiger partial charge in [-0.3, -0.25) is 9.59 Å². The first-order chi connectivity index (χ1) is 8.11. The first-order valence-electron chi connectivity index (χ1n) is 5.67. The summed E-state index contributed by atoms with van der Waals surface area (Å²) >= 11 is 5.52. The number of likely N-dealkylation sites (tertiary alicyclic amines) is 1. The predicted molar refractivity (Wildman–Crippen MR) is 66.1 cm³/mol. The van der Waals surface area contributed by atoms with Crippen LogP contribution in [0.2, 0.25) is 0 Å². The van der Waals surface area contributed by atoms with Gasteiger partial charge in [0.05, 0.1) is 0 Å². The molecule has 1 aliphatic rings. The largest absolute Gasteiger partial charge is 0.327 e. The minimum Gasteiger partial charge on any atom is -0.327 e. The van der Waals surface area contributed by atoms with Crippen LogP contribution in [0.4, 0.5) is 0 Å². The maximum atomic E-state index is 12.3. The van der Waals surface area contributed by atoms with Crippen LogP contribution in [0.5, 0.6) is 0 Å². The van der Waals surface area contributed by atoms with Gasteiger partial charge >= 0.3 is 0 Å². The molecule has 0 bridgehead atoms. The Labute approximate surface area is 105 Å². The van der Waals surface area contributed by atoms with Gasteiger partial charge in [0, 0.05) is 12.1 Å². The molecule has 0 N–H and O–H groups in total. The van der Waals surface area contributed by atoms with E-state index in [0.717, 1.165) is 12.0 Å². The molecule has 1 saturated heterocycles. The molecule has 1 aliphatic heterocycles. The van der Waals surface area contributed by atoms with Crippen molar-refractivity contribution in [1.29, 1.82) is 0 Å². The van der Waals surface area contributed by atoms with Crippen molar-refractivity contribution in [3.8, 4) is 0 Å². The highest BCUT2D eigenvalue weighted by Gasteiger charge is 2.33. The molecule has 1 fully saturated rings. The molecule has 1 amide bonds. The predicted octanol–water partition coefficient (Wildman–Crippen LogP) is 2.37. The molecule has 4 heteroatoms. The van der Waals surface area contributed by atoms with Crippen molar-refractivity contribution in [3.05, 3.63) is 35.4 Å². The highest BCUT2D eigenvalue weighted by atomic mass is 35.5. The normalized spacial score (nSPS) is 19.4. The molecule has 17 heavy (non-hydrogen) atoms. The quantitative estimate of drug-likeness (QED) is 0.757. The van der Waals surface area contributed by atoms with Crippen LogP contribution in [-0.2, 0) is 4.79 Å². The van der Waals surface area contributed by atoms with Gasteiger partial charge < -0.3 is 4.90 Å². The van der Waals surface area contributed by atoms with Gasteiger partial charge in [0.25, 0.3) is 5.91 Å². The third kappa shape index (κ3) is 2.34. The Kier molecular flexibility index (Phi) is 3.48. The third-order valence-corrected chi connectivity index (χ3v) is 3.40. The van der Waals surface area contributed by atoms with Crippen molar-refractivity contribution in [2.24, 2.45) is 0 Å². The number of nitrogens with zero attached hydrogens (tertiary/aromatic N) is 1. The number of hydrogen-bond donors (Lipinski definition) is 0. The molecular weight excluding hydrogens is 238 g/mol. The monoisotopic (exact) mass is 251 g/mol. The summed E-state index contributed by atoms with van der Waals surface area (Å²) in [6.45, 7) is 2.50. The maximum absolute atomic E-state index is 12.3. The van der Waals surface area contributed by atoms with Gasteiger partial charge in [-0.1, -0.05) is 18.2 Å². The number of carbonyl (C=O) groups excluding carboxylic acids is 2. The summed E-state index contributed by atoms with van der Waals surface area (Å²) in [6, 6.07) is 6.93. The zero-order valence-electron chi connectivity index (χ0n) is 9.65. The molecule has 3 nitrogen and oxygen atoms in total. The summed E-state index contributed by atoms with van der Waals surface area (Å²) in [5.74, 6) is -0.0976. The highest BCUT2D eigenvalue weighted by Crippen LogP contribution is 2.22. The molecule has 0 spiro atoms. The van der Waals surface area contributed by atoms with Crippen molar-refractivity contribution < 1.29 is 9.59 Å². The molecule has 0 aromatic heterocycles. The average molecular weight is 252 g/mol. The lowest BCUT2D eigenvalue weighted by Crippen LogP contribution is -2.39. The van der Waals surface area contributed by atoms with Crippen LogP contribution < -0.4 is 0 Å². The molecule has 0 saturated carbocycles. The highest BCUT2D eigenvalue weighted by molar-refractivity contribution is 6.64. The van der Waals surface area contributed by atoms with Gasteiger partial charge in [-0.05, 0) is 43.0 Å². The number of benzene rings is 1. The minimum absolute atomic E-state index is 0.0976. The van der Waals surface area contributed by atoms with Gasteiger partial charge in [-0.2, -0.15) is 0 Å². The van der Waals surface area contributed by atoms with Gasteiger partial charge in [0.15, 0.2) is 0 Å². The van der Waals surface area contributed by atoms with E-state index in [-0.39, 0.29) is 5.91 Å². The zero-order chi connectivity index (χ0) is 12.4. The van der Waals surface area contributed by atoms with E-state index >= 15 is 0 Å². The number of aryl methyl sites for hydroxylation is 1. The Morgan fingerprint density at radius 1 is 1.35 bits per heavy atom. The summed E-state index contributed by atoms with van der Waals surface area (Å²) in [7, 11) is 0. The summed E-state index contributed by atoms with van der Waals surface area (Å²) in [4.78, 5) is 25.1. The number of carbonyl (C=O) groups is 2. The third-order valence-electron chi connectivity index (χ3n) is 3.15. The van der Waals surface area contributed by atoms with Crippen molar-refractivity contribution >= 4 is 22.8 Å². The molecule has 1 aromatic rings. The number of rotatable bonds is 2. The summed E-state index contributed by atoms with van der Waals surface area (Å²) in [6.07, 6.45) is 1.50. The average Bonchev–Trinajstić information content (AvgIpc) is 2.77. The molecule has 2 rings (SSSR count). The van der Waals surface area contributed by atoms with E-state index in [0.29, 0.717) is 18.5 Å². The Morgan fingerprint density at radius 3 is 2.71 bits per heavy atom. The lowest BCUT2D eigenvalue weighted by molar-refractivity contribution is -0.115. The van der Waals surface area contributed by atoms with Gasteiger partial charge in [0.1, 0.15) is 6.04 Å². The number of amides is 1. The van der Waals surface area contributed by atoms with Crippen molar-refractivity contribution in [2.75, 3.05) is 6.54 Å². The molecule has 0 aliphatic carbocycles. The summed E-state index contributed by atoms with van der Waals surface area (Å²) in [5.41, 5.74) is 1.57. The zero-order valence-corrected chi connectivity index (χ0v) is 10.4. The smallest absolute Gasteiger partial charge is 0.254 e. The second-order valence-corrected chi connectivity index (χ2v) is 4.65. The first-order valence-corrected chi connectivity index (χ1v) is 6.05. The molecule has 1 unspecified atom stereocenters. The van der Waals surface area contributed by atoms with Crippen LogP contribution in [0.15, 0.2) is 24.3 Å². The van der Waals surface area contributed by atoms with Crippen molar-refractivity contribution in [2.45, 2.75) is 25.8 Å². The second-order valence-electron chi connectivity index (χ2n) is 4.28. The second kappa shape index (κ2) is 4.88. The topological polar surface area (TPSA) is 37.4 Å². The van der Waals surface area contributed by atoms with Crippen LogP contribution in [0.25, 0.3) is 0 Å². The summed E-state index contributed by atoms with van der Waals surface area (Å²) in [5, 5.41) is -0.440. The fourth-order valence-electron chi connectivity index (χ4n) is 2.21. The van der Waals surface area contributed by atoms with Crippen molar-refractivity contribution in [1.82, 2.24) is 4.90 Å². The Bertz CT molecular complexity index is 458. The van der Waals surface area contributed by atoms with E-state index in [1.165, 1.54) is 0 Å². The van der Waals surface area contributed by atoms with Crippen LogP contribution >= 0.6 is 11.6 Å². The van der Waals surface area contributed by atoms with Crippen LogP contribution in [-0.4, -0.2) is 28.6 Å². The Balaban J connectivity index is 2.26. The van der Waals surface area contributed by atoms with E-state index in [2.05, 4.69) is 0 Å². The SMILES string of the molecule is Cc1ccccc1C(=O)N1CCCC1C(=O)Cl. The number of hydrogen-bond acceptors (Lipinski definition) is 2. The molecule has 1 atom stereocenters. The lowest BCUT2D eigenvalue weighted by Gasteiger charge is -2.22. The van der Waals surface area contributed by atoms with E-state index in [1.807, 2.05) is 25.1 Å². The fraction of sp³-hybridized carbons (Fsp3) is 0.385. The van der Waals surface area contributed by atoms with Gasteiger partial charge in [-0.15, -0.1) is 0 Å². The number of halogens is 1. The summed E-state index contributed by atoms with van der Waals surface area (Å²) < 4.78 is 0. The van der Waals surface area contributed by atoms with E-state index < -0.39 is 11.3 Å².